The van der Waals surface area contributed by atoms with Crippen LogP contribution in [0.5, 0.6) is 0 Å². The Bertz CT molecular complexity index is 464. The van der Waals surface area contributed by atoms with E-state index < -0.39 is 0 Å². The van der Waals surface area contributed by atoms with Gasteiger partial charge in [-0.2, -0.15) is 0 Å². The number of imide groups is 1. The van der Waals surface area contributed by atoms with Gasteiger partial charge in [0.15, 0.2) is 0 Å². The SMILES string of the molecule is O=C(CCl)N1CCN(Cc2ccc(Cl)nc2)C1=O. The summed E-state index contributed by atoms with van der Waals surface area (Å²) in [4.78, 5) is 30.0. The molecule has 0 aromatic carbocycles. The van der Waals surface area contributed by atoms with Gasteiger partial charge in [-0.15, -0.1) is 11.6 Å². The summed E-state index contributed by atoms with van der Waals surface area (Å²) in [5, 5.41) is 0.408. The first-order valence-electron chi connectivity index (χ1n) is 5.37. The lowest BCUT2D eigenvalue weighted by Gasteiger charge is -2.16. The molecule has 1 aliphatic heterocycles. The molecule has 1 aliphatic rings. The molecular weight excluding hydrogens is 277 g/mol. The highest BCUT2D eigenvalue weighted by Gasteiger charge is 2.32. The lowest BCUT2D eigenvalue weighted by molar-refractivity contribution is -0.125. The number of alkyl halides is 1. The molecular formula is C11H11Cl2N3O2. The van der Waals surface area contributed by atoms with Gasteiger partial charge in [0.25, 0.3) is 0 Å². The van der Waals surface area contributed by atoms with Crippen LogP contribution < -0.4 is 0 Å². The zero-order valence-electron chi connectivity index (χ0n) is 9.47. The minimum atomic E-state index is -0.363. The van der Waals surface area contributed by atoms with Crippen molar-refractivity contribution >= 4 is 35.1 Å². The molecule has 1 aromatic rings. The maximum absolute atomic E-state index is 11.9. The van der Waals surface area contributed by atoms with Gasteiger partial charge in [0.1, 0.15) is 11.0 Å². The summed E-state index contributed by atoms with van der Waals surface area (Å²) in [6, 6.07) is 3.16. The molecule has 0 bridgehead atoms. The van der Waals surface area contributed by atoms with E-state index in [9.17, 15) is 9.59 Å². The van der Waals surface area contributed by atoms with Crippen molar-refractivity contribution in [1.82, 2.24) is 14.8 Å². The summed E-state index contributed by atoms with van der Waals surface area (Å²) in [5.74, 6) is -0.541. The molecule has 7 heteroatoms. The van der Waals surface area contributed by atoms with Crippen molar-refractivity contribution in [3.8, 4) is 0 Å². The molecule has 18 heavy (non-hydrogen) atoms. The van der Waals surface area contributed by atoms with Crippen LogP contribution in [-0.4, -0.2) is 45.7 Å². The second-order valence-electron chi connectivity index (χ2n) is 3.87. The van der Waals surface area contributed by atoms with Gasteiger partial charge < -0.3 is 4.90 Å². The molecule has 0 spiro atoms. The maximum atomic E-state index is 11.9. The summed E-state index contributed by atoms with van der Waals surface area (Å²) >= 11 is 11.1. The molecule has 0 N–H and O–H groups in total. The number of hydrogen-bond acceptors (Lipinski definition) is 3. The Balaban J connectivity index is 2.01. The van der Waals surface area contributed by atoms with Gasteiger partial charge in [-0.3, -0.25) is 9.69 Å². The second kappa shape index (κ2) is 5.54. The molecule has 5 nitrogen and oxygen atoms in total. The normalized spacial score (nSPS) is 15.3. The van der Waals surface area contributed by atoms with Crippen molar-refractivity contribution in [2.75, 3.05) is 19.0 Å². The van der Waals surface area contributed by atoms with Gasteiger partial charge in [-0.05, 0) is 11.6 Å². The molecule has 3 amide bonds. The Labute approximate surface area is 114 Å². The van der Waals surface area contributed by atoms with Crippen molar-refractivity contribution in [2.45, 2.75) is 6.54 Å². The number of aromatic nitrogens is 1. The lowest BCUT2D eigenvalue weighted by atomic mass is 10.3. The van der Waals surface area contributed by atoms with E-state index in [2.05, 4.69) is 4.98 Å². The largest absolute Gasteiger partial charge is 0.327 e. The van der Waals surface area contributed by atoms with Crippen LogP contribution in [0, 0.1) is 0 Å². The topological polar surface area (TPSA) is 53.5 Å². The zero-order valence-corrected chi connectivity index (χ0v) is 11.0. The molecule has 0 saturated carbocycles. The van der Waals surface area contributed by atoms with Crippen LogP contribution in [0.3, 0.4) is 0 Å². The van der Waals surface area contributed by atoms with E-state index in [1.807, 2.05) is 0 Å². The van der Waals surface area contributed by atoms with Crippen LogP contribution in [0.4, 0.5) is 4.79 Å². The van der Waals surface area contributed by atoms with Crippen molar-refractivity contribution in [3.63, 3.8) is 0 Å². The number of halogens is 2. The van der Waals surface area contributed by atoms with E-state index >= 15 is 0 Å². The highest BCUT2D eigenvalue weighted by molar-refractivity contribution is 6.29. The van der Waals surface area contributed by atoms with Gasteiger partial charge in [0.2, 0.25) is 5.91 Å². The average molecular weight is 288 g/mol. The summed E-state index contributed by atoms with van der Waals surface area (Å²) in [6.45, 7) is 1.30. The third kappa shape index (κ3) is 2.73. The lowest BCUT2D eigenvalue weighted by Crippen LogP contribution is -2.36. The van der Waals surface area contributed by atoms with Gasteiger partial charge in [0.05, 0.1) is 0 Å². The zero-order chi connectivity index (χ0) is 13.1. The number of hydrogen-bond donors (Lipinski definition) is 0. The van der Waals surface area contributed by atoms with Crippen LogP contribution in [0.2, 0.25) is 5.15 Å². The Morgan fingerprint density at radius 1 is 1.39 bits per heavy atom. The van der Waals surface area contributed by atoms with E-state index in [0.29, 0.717) is 24.8 Å². The molecule has 0 unspecified atom stereocenters. The Morgan fingerprint density at radius 2 is 2.17 bits per heavy atom. The number of pyridine rings is 1. The third-order valence-electron chi connectivity index (χ3n) is 2.67. The first-order valence-corrected chi connectivity index (χ1v) is 6.28. The van der Waals surface area contributed by atoms with Gasteiger partial charge in [-0.1, -0.05) is 17.7 Å². The van der Waals surface area contributed by atoms with E-state index in [1.54, 1.807) is 23.2 Å². The van der Waals surface area contributed by atoms with Crippen molar-refractivity contribution < 1.29 is 9.59 Å². The molecule has 1 fully saturated rings. The number of amides is 3. The first-order chi connectivity index (χ1) is 8.61. The first kappa shape index (κ1) is 13.1. The predicted octanol–water partition coefficient (Wildman–Crippen LogP) is 1.74. The fourth-order valence-corrected chi connectivity index (χ4v) is 2.01. The smallest absolute Gasteiger partial charge is 0.318 e. The highest BCUT2D eigenvalue weighted by Crippen LogP contribution is 2.14. The fourth-order valence-electron chi connectivity index (χ4n) is 1.75. The number of rotatable bonds is 3. The minimum absolute atomic E-state index is 0.178. The van der Waals surface area contributed by atoms with Gasteiger partial charge in [-0.25, -0.2) is 9.78 Å². The van der Waals surface area contributed by atoms with E-state index in [4.69, 9.17) is 23.2 Å². The molecule has 96 valence electrons. The molecule has 1 aromatic heterocycles. The average Bonchev–Trinajstić information content (AvgIpc) is 2.73. The summed E-state index contributed by atoms with van der Waals surface area (Å²) in [6.07, 6.45) is 1.61. The monoisotopic (exact) mass is 287 g/mol. The Hall–Kier alpha value is -1.33. The summed E-state index contributed by atoms with van der Waals surface area (Å²) in [5.41, 5.74) is 0.868. The summed E-state index contributed by atoms with van der Waals surface area (Å²) < 4.78 is 0. The molecule has 2 heterocycles. The molecule has 2 rings (SSSR count). The van der Waals surface area contributed by atoms with Gasteiger partial charge in [0, 0.05) is 25.8 Å². The van der Waals surface area contributed by atoms with Crippen molar-refractivity contribution in [3.05, 3.63) is 29.0 Å². The summed E-state index contributed by atoms with van der Waals surface area (Å²) in [7, 11) is 0. The molecule has 0 aliphatic carbocycles. The molecule has 1 saturated heterocycles. The van der Waals surface area contributed by atoms with E-state index in [-0.39, 0.29) is 17.8 Å². The highest BCUT2D eigenvalue weighted by atomic mass is 35.5. The van der Waals surface area contributed by atoms with Crippen molar-refractivity contribution in [2.24, 2.45) is 0 Å². The van der Waals surface area contributed by atoms with Crippen molar-refractivity contribution in [1.29, 1.82) is 0 Å². The van der Waals surface area contributed by atoms with E-state index in [0.717, 1.165) is 10.5 Å². The third-order valence-corrected chi connectivity index (χ3v) is 3.12. The van der Waals surface area contributed by atoms with Gasteiger partial charge >= 0.3 is 6.03 Å². The van der Waals surface area contributed by atoms with Crippen LogP contribution in [-0.2, 0) is 11.3 Å². The quantitative estimate of drug-likeness (QED) is 0.629. The molecule has 0 atom stereocenters. The Morgan fingerprint density at radius 3 is 2.78 bits per heavy atom. The maximum Gasteiger partial charge on any atom is 0.327 e. The predicted molar refractivity (Wildman–Crippen MR) is 67.5 cm³/mol. The number of urea groups is 1. The van der Waals surface area contributed by atoms with Crippen LogP contribution in [0.15, 0.2) is 18.3 Å². The number of nitrogens with zero attached hydrogens (tertiary/aromatic N) is 3. The van der Waals surface area contributed by atoms with Crippen LogP contribution in [0.1, 0.15) is 5.56 Å². The second-order valence-corrected chi connectivity index (χ2v) is 4.53. The standard InChI is InChI=1S/C11H11Cl2N3O2/c12-5-10(17)16-4-3-15(11(16)18)7-8-1-2-9(13)14-6-8/h1-2,6H,3-5,7H2. The van der Waals surface area contributed by atoms with Crippen LogP contribution in [0.25, 0.3) is 0 Å². The number of carbonyl (C=O) groups is 2. The Kier molecular flexibility index (Phi) is 4.04. The minimum Gasteiger partial charge on any atom is -0.318 e. The fraction of sp³-hybridized carbons (Fsp3) is 0.364. The number of carbonyl (C=O) groups excluding carboxylic acids is 2. The molecule has 0 radical (unpaired) electrons. The van der Waals surface area contributed by atoms with E-state index in [1.165, 1.54) is 0 Å². The van der Waals surface area contributed by atoms with Crippen LogP contribution >= 0.6 is 23.2 Å².